The van der Waals surface area contributed by atoms with Crippen molar-refractivity contribution in [1.29, 1.82) is 0 Å². The van der Waals surface area contributed by atoms with Crippen LogP contribution in [-0.4, -0.2) is 17.1 Å². The van der Waals surface area contributed by atoms with Crippen LogP contribution in [0.15, 0.2) is 5.11 Å². The maximum absolute atomic E-state index is 10.8. The Labute approximate surface area is 128 Å². The number of rotatable bonds is 15. The molecular weight excluding hydrogens is 266 g/mol. The summed E-state index contributed by atoms with van der Waals surface area (Å²) in [4.78, 5) is 13.3. The molecule has 21 heavy (non-hydrogen) atoms. The highest BCUT2D eigenvalue weighted by Crippen LogP contribution is 2.13. The number of aliphatic carboxylic acids is 1. The van der Waals surface area contributed by atoms with Crippen molar-refractivity contribution in [2.24, 2.45) is 5.11 Å². The van der Waals surface area contributed by atoms with E-state index in [2.05, 4.69) is 16.9 Å². The SMILES string of the molecule is CCCCCCCCCCCCCC[C@@H](N=[N+]=[N-])C(=O)O. The van der Waals surface area contributed by atoms with Gasteiger partial charge in [0.2, 0.25) is 0 Å². The van der Waals surface area contributed by atoms with Crippen molar-refractivity contribution in [3.63, 3.8) is 0 Å². The van der Waals surface area contributed by atoms with Gasteiger partial charge in [0.1, 0.15) is 6.04 Å². The minimum Gasteiger partial charge on any atom is -0.481 e. The molecule has 0 aliphatic rings. The van der Waals surface area contributed by atoms with E-state index in [0.29, 0.717) is 6.42 Å². The Morgan fingerprint density at radius 3 is 1.76 bits per heavy atom. The van der Waals surface area contributed by atoms with Gasteiger partial charge in [-0.2, -0.15) is 0 Å². The Morgan fingerprint density at radius 2 is 1.38 bits per heavy atom. The van der Waals surface area contributed by atoms with E-state index in [-0.39, 0.29) is 0 Å². The molecule has 0 spiro atoms. The van der Waals surface area contributed by atoms with Gasteiger partial charge in [0.05, 0.1) is 0 Å². The maximum Gasteiger partial charge on any atom is 0.312 e. The van der Waals surface area contributed by atoms with Crippen LogP contribution in [0.4, 0.5) is 0 Å². The first-order valence-electron chi connectivity index (χ1n) is 8.49. The summed E-state index contributed by atoms with van der Waals surface area (Å²) < 4.78 is 0. The van der Waals surface area contributed by atoms with Crippen LogP contribution in [0, 0.1) is 0 Å². The zero-order chi connectivity index (χ0) is 15.8. The van der Waals surface area contributed by atoms with Crippen molar-refractivity contribution in [1.82, 2.24) is 0 Å². The Bertz CT molecular complexity index is 300. The zero-order valence-electron chi connectivity index (χ0n) is 13.5. The number of carboxylic acid groups (broad SMARTS) is 1. The smallest absolute Gasteiger partial charge is 0.312 e. The molecule has 0 rings (SSSR count). The third kappa shape index (κ3) is 13.5. The lowest BCUT2D eigenvalue weighted by atomic mass is 10.0. The molecular formula is C16H31N3O2. The molecule has 0 aliphatic heterocycles. The van der Waals surface area contributed by atoms with E-state index in [4.69, 9.17) is 10.6 Å². The highest BCUT2D eigenvalue weighted by atomic mass is 16.4. The topological polar surface area (TPSA) is 86.1 Å². The fraction of sp³-hybridized carbons (Fsp3) is 0.938. The van der Waals surface area contributed by atoms with Crippen LogP contribution >= 0.6 is 0 Å². The molecule has 0 amide bonds. The summed E-state index contributed by atoms with van der Waals surface area (Å²) in [6.07, 6.45) is 15.5. The van der Waals surface area contributed by atoms with Gasteiger partial charge >= 0.3 is 5.97 Å². The van der Waals surface area contributed by atoms with Crippen molar-refractivity contribution in [3.05, 3.63) is 10.4 Å². The molecule has 0 aromatic heterocycles. The molecule has 0 fully saturated rings. The van der Waals surface area contributed by atoms with Gasteiger partial charge in [0.15, 0.2) is 0 Å². The van der Waals surface area contributed by atoms with Crippen LogP contribution in [-0.2, 0) is 4.79 Å². The van der Waals surface area contributed by atoms with Crippen LogP contribution in [0.2, 0.25) is 0 Å². The summed E-state index contributed by atoms with van der Waals surface area (Å²) in [5.41, 5.74) is 8.27. The third-order valence-corrected chi connectivity index (χ3v) is 3.81. The molecule has 0 aliphatic carbocycles. The van der Waals surface area contributed by atoms with E-state index in [0.717, 1.165) is 19.3 Å². The molecule has 0 aromatic rings. The normalized spacial score (nSPS) is 11.9. The van der Waals surface area contributed by atoms with Gasteiger partial charge in [-0.1, -0.05) is 89.1 Å². The summed E-state index contributed by atoms with van der Waals surface area (Å²) in [5, 5.41) is 12.1. The summed E-state index contributed by atoms with van der Waals surface area (Å²) >= 11 is 0. The number of hydrogen-bond acceptors (Lipinski definition) is 2. The van der Waals surface area contributed by atoms with Gasteiger partial charge < -0.3 is 5.11 Å². The van der Waals surface area contributed by atoms with Gasteiger partial charge in [-0.15, -0.1) is 0 Å². The lowest BCUT2D eigenvalue weighted by Gasteiger charge is -2.05. The predicted molar refractivity (Wildman–Crippen MR) is 86.3 cm³/mol. The van der Waals surface area contributed by atoms with Crippen LogP contribution in [0.5, 0.6) is 0 Å². The molecule has 5 heteroatoms. The molecule has 0 unspecified atom stereocenters. The summed E-state index contributed by atoms with van der Waals surface area (Å²) in [6, 6.07) is -0.891. The first-order valence-corrected chi connectivity index (χ1v) is 8.49. The van der Waals surface area contributed by atoms with Crippen LogP contribution in [0.1, 0.15) is 90.4 Å². The third-order valence-electron chi connectivity index (χ3n) is 3.81. The second kappa shape index (κ2) is 15.2. The maximum atomic E-state index is 10.8. The quantitative estimate of drug-likeness (QED) is 0.178. The monoisotopic (exact) mass is 297 g/mol. The molecule has 0 bridgehead atoms. The fourth-order valence-corrected chi connectivity index (χ4v) is 2.47. The summed E-state index contributed by atoms with van der Waals surface area (Å²) in [7, 11) is 0. The zero-order valence-corrected chi connectivity index (χ0v) is 13.5. The molecule has 0 aromatic carbocycles. The first-order chi connectivity index (χ1) is 10.2. The van der Waals surface area contributed by atoms with E-state index in [1.807, 2.05) is 0 Å². The van der Waals surface area contributed by atoms with Crippen LogP contribution in [0.3, 0.4) is 0 Å². The fourth-order valence-electron chi connectivity index (χ4n) is 2.47. The van der Waals surface area contributed by atoms with Crippen molar-refractivity contribution in [3.8, 4) is 0 Å². The minimum atomic E-state index is -1.02. The molecule has 0 heterocycles. The number of azide groups is 1. The number of unbranched alkanes of at least 4 members (excludes halogenated alkanes) is 11. The molecule has 0 saturated heterocycles. The molecule has 0 saturated carbocycles. The Morgan fingerprint density at radius 1 is 0.952 bits per heavy atom. The van der Waals surface area contributed by atoms with Crippen molar-refractivity contribution < 1.29 is 9.90 Å². The summed E-state index contributed by atoms with van der Waals surface area (Å²) in [5.74, 6) is -1.02. The Kier molecular flexibility index (Phi) is 14.3. The first kappa shape index (κ1) is 19.8. The Balaban J connectivity index is 3.28. The van der Waals surface area contributed by atoms with Gasteiger partial charge in [0.25, 0.3) is 0 Å². The predicted octanol–water partition coefficient (Wildman–Crippen LogP) is 5.84. The van der Waals surface area contributed by atoms with Gasteiger partial charge in [0, 0.05) is 4.91 Å². The lowest BCUT2D eigenvalue weighted by Crippen LogP contribution is -2.16. The van der Waals surface area contributed by atoms with E-state index >= 15 is 0 Å². The number of carbonyl (C=O) groups is 1. The van der Waals surface area contributed by atoms with E-state index < -0.39 is 12.0 Å². The standard InChI is InChI=1S/C16H31N3O2/c1-2-3-4-5-6-7-8-9-10-11-12-13-14-15(16(20)21)18-19-17/h15H,2-14H2,1H3,(H,20,21)/t15-/m1/s1. The summed E-state index contributed by atoms with van der Waals surface area (Å²) in [6.45, 7) is 2.24. The van der Waals surface area contributed by atoms with E-state index in [1.54, 1.807) is 0 Å². The second-order valence-corrected chi connectivity index (χ2v) is 5.74. The van der Waals surface area contributed by atoms with Crippen molar-refractivity contribution in [2.75, 3.05) is 0 Å². The molecule has 122 valence electrons. The Hall–Kier alpha value is -1.22. The second-order valence-electron chi connectivity index (χ2n) is 5.74. The number of nitrogens with zero attached hydrogens (tertiary/aromatic N) is 3. The van der Waals surface area contributed by atoms with E-state index in [1.165, 1.54) is 57.8 Å². The van der Waals surface area contributed by atoms with Gasteiger partial charge in [-0.25, -0.2) is 0 Å². The van der Waals surface area contributed by atoms with Gasteiger partial charge in [-0.05, 0) is 12.0 Å². The lowest BCUT2D eigenvalue weighted by molar-refractivity contribution is -0.138. The van der Waals surface area contributed by atoms with Crippen LogP contribution < -0.4 is 0 Å². The largest absolute Gasteiger partial charge is 0.481 e. The highest BCUT2D eigenvalue weighted by Gasteiger charge is 2.14. The van der Waals surface area contributed by atoms with E-state index in [9.17, 15) is 4.79 Å². The van der Waals surface area contributed by atoms with Gasteiger partial charge in [-0.3, -0.25) is 4.79 Å². The van der Waals surface area contributed by atoms with Crippen molar-refractivity contribution >= 4 is 5.97 Å². The molecule has 1 atom stereocenters. The molecule has 5 nitrogen and oxygen atoms in total. The average Bonchev–Trinajstić information content (AvgIpc) is 2.47. The number of carboxylic acids is 1. The molecule has 1 N–H and O–H groups in total. The molecule has 0 radical (unpaired) electrons. The van der Waals surface area contributed by atoms with Crippen molar-refractivity contribution in [2.45, 2.75) is 96.4 Å². The highest BCUT2D eigenvalue weighted by molar-refractivity contribution is 5.73. The average molecular weight is 297 g/mol. The van der Waals surface area contributed by atoms with Crippen LogP contribution in [0.25, 0.3) is 10.4 Å². The minimum absolute atomic E-state index is 0.455. The number of hydrogen-bond donors (Lipinski definition) is 1.